The molecule has 1 aliphatic rings. The summed E-state index contributed by atoms with van der Waals surface area (Å²) >= 11 is 13.5. The van der Waals surface area contributed by atoms with Crippen LogP contribution in [0.25, 0.3) is 32.9 Å². The number of carbonyl (C=O) groups is 2. The smallest absolute Gasteiger partial charge is 0.335 e. The predicted octanol–water partition coefficient (Wildman–Crippen LogP) is 10.8. The van der Waals surface area contributed by atoms with E-state index in [0.717, 1.165) is 68.0 Å². The van der Waals surface area contributed by atoms with E-state index >= 15 is 4.79 Å². The van der Waals surface area contributed by atoms with Gasteiger partial charge >= 0.3 is 5.97 Å². The summed E-state index contributed by atoms with van der Waals surface area (Å²) < 4.78 is 40.2. The number of aryl methyl sites for hydroxylation is 5. The maximum Gasteiger partial charge on any atom is 0.335 e. The molecule has 298 valence electrons. The first kappa shape index (κ1) is 39.2. The molecule has 0 spiro atoms. The number of rotatable bonds is 10. The Kier molecular flexibility index (Phi) is 10.1. The number of carboxylic acids is 1. The second kappa shape index (κ2) is 14.9. The van der Waals surface area contributed by atoms with E-state index in [1.807, 2.05) is 68.3 Å². The monoisotopic (exact) mass is 823 g/mol. The van der Waals surface area contributed by atoms with Crippen LogP contribution in [-0.2, 0) is 20.0 Å². The Hall–Kier alpha value is -5.65. The first-order chi connectivity index (χ1) is 27.6. The average molecular weight is 825 g/mol. The Morgan fingerprint density at radius 1 is 0.948 bits per heavy atom. The van der Waals surface area contributed by atoms with Crippen LogP contribution in [0.5, 0.6) is 5.75 Å². The van der Waals surface area contributed by atoms with Crippen LogP contribution in [0.4, 0.5) is 14.5 Å². The third-order valence-electron chi connectivity index (χ3n) is 11.3. The molecule has 0 saturated carbocycles. The summed E-state index contributed by atoms with van der Waals surface area (Å²) in [7, 11) is 1.89. The Balaban J connectivity index is 1.27. The molecule has 0 fully saturated rings. The van der Waals surface area contributed by atoms with Gasteiger partial charge in [-0.25, -0.2) is 13.6 Å². The highest BCUT2D eigenvalue weighted by molar-refractivity contribution is 6.35. The van der Waals surface area contributed by atoms with Crippen LogP contribution < -0.4 is 9.64 Å². The molecule has 0 bridgehead atoms. The second-order valence-electron chi connectivity index (χ2n) is 15.2. The van der Waals surface area contributed by atoms with Gasteiger partial charge in [0.2, 0.25) is 0 Å². The van der Waals surface area contributed by atoms with E-state index in [9.17, 15) is 18.7 Å². The fourth-order valence-corrected chi connectivity index (χ4v) is 8.89. The molecule has 8 rings (SSSR count). The highest BCUT2D eigenvalue weighted by atomic mass is 35.5. The molecule has 1 aliphatic heterocycles. The topological polar surface area (TPSA) is 94.5 Å². The van der Waals surface area contributed by atoms with E-state index < -0.39 is 17.6 Å². The Labute approximate surface area is 344 Å². The summed E-state index contributed by atoms with van der Waals surface area (Å²) in [5.41, 5.74) is 9.21. The number of carbonyl (C=O) groups excluding carboxylic acids is 1. The van der Waals surface area contributed by atoms with E-state index in [-0.39, 0.29) is 30.6 Å². The van der Waals surface area contributed by atoms with Crippen molar-refractivity contribution in [2.45, 2.75) is 60.0 Å². The molecule has 0 saturated heterocycles. The molecule has 0 radical (unpaired) electrons. The van der Waals surface area contributed by atoms with Gasteiger partial charge < -0.3 is 23.9 Å². The third kappa shape index (κ3) is 6.60. The molecular weight excluding hydrogens is 783 g/mol. The van der Waals surface area contributed by atoms with Crippen molar-refractivity contribution in [2.75, 3.05) is 18.1 Å². The maximum absolute atomic E-state index is 15.3. The number of hydrogen-bond donors (Lipinski definition) is 1. The van der Waals surface area contributed by atoms with E-state index in [4.69, 9.17) is 33.0 Å². The molecule has 13 heteroatoms. The lowest BCUT2D eigenvalue weighted by molar-refractivity contribution is 0.0696. The Bertz CT molecular complexity index is 2820. The lowest BCUT2D eigenvalue weighted by atomic mass is 9.98. The standard InChI is InChI=1S/C45H41Cl2F2N5O4/c1-23-16-30(17-24(2)41(23)47)58-15-7-8-31-32-11-12-34(46)40(39-26(4)50-51(6)27(39)5)42(32)54-25(3)20-53(44(55)43(31)54)38-22-52(21-28-9-13-35(48)36(49)18-28)37-14-10-29(45(56)57)19-33(37)38/h9-14,16-19,22,25H,7-8,15,20-21H2,1-6H3,(H,56,57). The molecule has 1 amide bonds. The third-order valence-corrected chi connectivity index (χ3v) is 12.2. The number of aromatic nitrogens is 4. The summed E-state index contributed by atoms with van der Waals surface area (Å²) in [6.45, 7) is 10.7. The molecule has 58 heavy (non-hydrogen) atoms. The number of carboxylic acid groups (broad SMARTS) is 1. The molecule has 0 aliphatic carbocycles. The molecule has 1 atom stereocenters. The highest BCUT2D eigenvalue weighted by Crippen LogP contribution is 2.46. The minimum absolute atomic E-state index is 0.0548. The van der Waals surface area contributed by atoms with Crippen LogP contribution in [0, 0.1) is 39.3 Å². The van der Waals surface area contributed by atoms with Crippen LogP contribution in [-0.4, -0.2) is 49.0 Å². The minimum atomic E-state index is -1.11. The van der Waals surface area contributed by atoms with Crippen LogP contribution in [0.2, 0.25) is 10.0 Å². The Morgan fingerprint density at radius 3 is 2.36 bits per heavy atom. The van der Waals surface area contributed by atoms with Crippen molar-refractivity contribution in [1.29, 1.82) is 0 Å². The number of fused-ring (bicyclic) bond motifs is 4. The molecule has 1 unspecified atom stereocenters. The molecule has 4 aromatic carbocycles. The molecule has 4 heterocycles. The van der Waals surface area contributed by atoms with Gasteiger partial charge in [0.15, 0.2) is 11.6 Å². The summed E-state index contributed by atoms with van der Waals surface area (Å²) in [4.78, 5) is 29.2. The zero-order chi connectivity index (χ0) is 41.3. The molecule has 1 N–H and O–H groups in total. The van der Waals surface area contributed by atoms with Gasteiger partial charge in [-0.2, -0.15) is 5.10 Å². The summed E-state index contributed by atoms with van der Waals surface area (Å²) in [5, 5.41) is 17.4. The van der Waals surface area contributed by atoms with Gasteiger partial charge in [0, 0.05) is 65.0 Å². The zero-order valence-electron chi connectivity index (χ0n) is 32.9. The van der Waals surface area contributed by atoms with Gasteiger partial charge in [0.25, 0.3) is 5.91 Å². The van der Waals surface area contributed by atoms with Gasteiger partial charge in [0.05, 0.1) is 39.6 Å². The van der Waals surface area contributed by atoms with E-state index in [0.29, 0.717) is 57.3 Å². The van der Waals surface area contributed by atoms with Gasteiger partial charge in [0.1, 0.15) is 11.4 Å². The number of halogens is 4. The van der Waals surface area contributed by atoms with E-state index in [1.165, 1.54) is 12.1 Å². The molecule has 7 aromatic rings. The van der Waals surface area contributed by atoms with Crippen LogP contribution in [0.3, 0.4) is 0 Å². The minimum Gasteiger partial charge on any atom is -0.494 e. The highest BCUT2D eigenvalue weighted by Gasteiger charge is 2.38. The van der Waals surface area contributed by atoms with Crippen LogP contribution >= 0.6 is 23.2 Å². The number of aromatic carboxylic acids is 1. The summed E-state index contributed by atoms with van der Waals surface area (Å²) in [6.07, 6.45) is 2.88. The van der Waals surface area contributed by atoms with E-state index in [1.54, 1.807) is 23.2 Å². The Morgan fingerprint density at radius 2 is 1.69 bits per heavy atom. The van der Waals surface area contributed by atoms with Gasteiger partial charge in [-0.1, -0.05) is 35.3 Å². The molecular formula is C45H41Cl2F2N5O4. The predicted molar refractivity (Wildman–Crippen MR) is 224 cm³/mol. The van der Waals surface area contributed by atoms with E-state index in [2.05, 4.69) is 11.5 Å². The quantitative estimate of drug-likeness (QED) is 0.139. The SMILES string of the molecule is Cc1cc(OCCCc2c3n(c4c(-c5c(C)nn(C)c5C)c(Cl)ccc24)C(C)CN(c2cn(Cc4ccc(F)c(F)c4)c4ccc(C(=O)O)cc24)C3=O)cc(C)c1Cl. The number of amides is 1. The zero-order valence-corrected chi connectivity index (χ0v) is 34.4. The van der Waals surface area contributed by atoms with Crippen molar-refractivity contribution in [3.05, 3.63) is 133 Å². The van der Waals surface area contributed by atoms with Gasteiger partial charge in [-0.3, -0.25) is 9.48 Å². The molecule has 9 nitrogen and oxygen atoms in total. The lowest BCUT2D eigenvalue weighted by Gasteiger charge is -2.34. The van der Waals surface area contributed by atoms with Crippen molar-refractivity contribution in [1.82, 2.24) is 18.9 Å². The number of benzene rings is 4. The lowest BCUT2D eigenvalue weighted by Crippen LogP contribution is -2.42. The van der Waals surface area contributed by atoms with Crippen molar-refractivity contribution in [3.63, 3.8) is 0 Å². The van der Waals surface area contributed by atoms with Crippen molar-refractivity contribution < 1.29 is 28.2 Å². The maximum atomic E-state index is 15.3. The first-order valence-electron chi connectivity index (χ1n) is 19.0. The van der Waals surface area contributed by atoms with Crippen LogP contribution in [0.1, 0.15) is 73.9 Å². The first-order valence-corrected chi connectivity index (χ1v) is 19.8. The average Bonchev–Trinajstić information content (AvgIpc) is 3.79. The largest absolute Gasteiger partial charge is 0.494 e. The fraction of sp³-hybridized carbons (Fsp3) is 0.267. The number of hydrogen-bond acceptors (Lipinski definition) is 4. The van der Waals surface area contributed by atoms with Gasteiger partial charge in [-0.05, 0) is 118 Å². The molecule has 3 aromatic heterocycles. The van der Waals surface area contributed by atoms with Crippen molar-refractivity contribution in [2.24, 2.45) is 7.05 Å². The number of ether oxygens (including phenoxy) is 1. The summed E-state index contributed by atoms with van der Waals surface area (Å²) in [6, 6.07) is 15.9. The number of anilines is 1. The van der Waals surface area contributed by atoms with Crippen LogP contribution in [0.15, 0.2) is 66.9 Å². The second-order valence-corrected chi connectivity index (χ2v) is 16.0. The van der Waals surface area contributed by atoms with Gasteiger partial charge in [-0.15, -0.1) is 0 Å². The van der Waals surface area contributed by atoms with Crippen molar-refractivity contribution in [3.8, 4) is 16.9 Å². The normalized spacial score (nSPS) is 14.2. The van der Waals surface area contributed by atoms with Crippen molar-refractivity contribution >= 4 is 62.6 Å². The number of nitrogens with zero attached hydrogens (tertiary/aromatic N) is 5. The fourth-order valence-electron chi connectivity index (χ4n) is 8.53. The summed E-state index contributed by atoms with van der Waals surface area (Å²) in [5.74, 6) is -2.58.